The summed E-state index contributed by atoms with van der Waals surface area (Å²) in [7, 11) is -0.315. The fourth-order valence-corrected chi connectivity index (χ4v) is 8.33. The standard InChI is InChI=1S/C23H33P/c1-16-14-17(2)21(18(3)15-16)19-12-10-11-13-20(19)24(22(4,5)6)23(7,8)9/h10-15H,1-9H3. The maximum Gasteiger partial charge on any atom is -0.0101 e. The molecule has 0 bridgehead atoms. The second-order valence-corrected chi connectivity index (χ2v) is 12.8. The minimum absolute atomic E-state index is 0.274. The molecule has 0 fully saturated rings. The van der Waals surface area contributed by atoms with E-state index in [2.05, 4.69) is 98.7 Å². The van der Waals surface area contributed by atoms with Crippen molar-refractivity contribution in [2.24, 2.45) is 0 Å². The van der Waals surface area contributed by atoms with Crippen molar-refractivity contribution >= 4 is 13.2 Å². The zero-order valence-corrected chi connectivity index (χ0v) is 17.8. The van der Waals surface area contributed by atoms with Gasteiger partial charge in [-0.2, -0.15) is 0 Å². The normalized spacial score (nSPS) is 12.8. The summed E-state index contributed by atoms with van der Waals surface area (Å²) in [5.74, 6) is 0. The Bertz CT molecular complexity index is 689. The molecule has 2 aromatic rings. The highest BCUT2D eigenvalue weighted by Gasteiger charge is 2.37. The third-order valence-corrected chi connectivity index (χ3v) is 7.99. The summed E-state index contributed by atoms with van der Waals surface area (Å²) in [6.45, 7) is 21.1. The van der Waals surface area contributed by atoms with Crippen LogP contribution in [0, 0.1) is 20.8 Å². The highest BCUT2D eigenvalue weighted by molar-refractivity contribution is 7.68. The third-order valence-electron chi connectivity index (χ3n) is 4.43. The molecule has 0 amide bonds. The minimum Gasteiger partial charge on any atom is -0.0636 e. The average Bonchev–Trinajstić information content (AvgIpc) is 2.36. The SMILES string of the molecule is Cc1cc(C)c(-c2ccccc2P(C(C)(C)C)C(C)(C)C)c(C)c1. The van der Waals surface area contributed by atoms with Crippen molar-refractivity contribution in [2.45, 2.75) is 72.6 Å². The van der Waals surface area contributed by atoms with E-state index in [9.17, 15) is 0 Å². The van der Waals surface area contributed by atoms with E-state index < -0.39 is 0 Å². The van der Waals surface area contributed by atoms with Crippen LogP contribution in [-0.2, 0) is 0 Å². The summed E-state index contributed by atoms with van der Waals surface area (Å²) in [6.07, 6.45) is 0. The Labute approximate surface area is 150 Å². The largest absolute Gasteiger partial charge is 0.0636 e. The molecule has 24 heavy (non-hydrogen) atoms. The van der Waals surface area contributed by atoms with E-state index in [4.69, 9.17) is 0 Å². The van der Waals surface area contributed by atoms with Gasteiger partial charge in [0.05, 0.1) is 0 Å². The topological polar surface area (TPSA) is 0 Å². The molecule has 0 aliphatic rings. The Kier molecular flexibility index (Phi) is 5.31. The molecule has 2 aromatic carbocycles. The summed E-state index contributed by atoms with van der Waals surface area (Å²) in [5, 5.41) is 2.09. The summed E-state index contributed by atoms with van der Waals surface area (Å²) in [6, 6.07) is 13.7. The van der Waals surface area contributed by atoms with Crippen LogP contribution in [0.3, 0.4) is 0 Å². The smallest absolute Gasteiger partial charge is 0.0101 e. The lowest BCUT2D eigenvalue weighted by Crippen LogP contribution is -2.32. The van der Waals surface area contributed by atoms with Crippen molar-refractivity contribution in [3.63, 3.8) is 0 Å². The fraction of sp³-hybridized carbons (Fsp3) is 0.478. The maximum atomic E-state index is 2.40. The van der Waals surface area contributed by atoms with Crippen LogP contribution >= 0.6 is 7.92 Å². The van der Waals surface area contributed by atoms with E-state index in [0.717, 1.165) is 0 Å². The molecule has 130 valence electrons. The molecular weight excluding hydrogens is 307 g/mol. The molecule has 0 saturated carbocycles. The lowest BCUT2D eigenvalue weighted by atomic mass is 9.94. The van der Waals surface area contributed by atoms with Crippen molar-refractivity contribution in [3.05, 3.63) is 53.1 Å². The van der Waals surface area contributed by atoms with Crippen molar-refractivity contribution in [3.8, 4) is 11.1 Å². The highest BCUT2D eigenvalue weighted by Crippen LogP contribution is 2.59. The van der Waals surface area contributed by atoms with Gasteiger partial charge in [-0.15, -0.1) is 0 Å². The van der Waals surface area contributed by atoms with Crippen LogP contribution in [0.5, 0.6) is 0 Å². The summed E-state index contributed by atoms with van der Waals surface area (Å²) in [5.41, 5.74) is 6.98. The predicted octanol–water partition coefficient (Wildman–Crippen LogP) is 6.98. The number of benzene rings is 2. The van der Waals surface area contributed by atoms with Gasteiger partial charge >= 0.3 is 0 Å². The molecule has 0 atom stereocenters. The van der Waals surface area contributed by atoms with Crippen molar-refractivity contribution < 1.29 is 0 Å². The van der Waals surface area contributed by atoms with Gasteiger partial charge in [-0.05, 0) is 58.6 Å². The third kappa shape index (κ3) is 3.92. The van der Waals surface area contributed by atoms with Gasteiger partial charge in [-0.25, -0.2) is 0 Å². The lowest BCUT2D eigenvalue weighted by molar-refractivity contribution is 0.715. The van der Waals surface area contributed by atoms with Gasteiger partial charge in [-0.3, -0.25) is 0 Å². The van der Waals surface area contributed by atoms with E-state index in [1.165, 1.54) is 27.8 Å². The van der Waals surface area contributed by atoms with Gasteiger partial charge in [0.15, 0.2) is 0 Å². The second kappa shape index (κ2) is 6.64. The Morgan fingerprint density at radius 1 is 0.708 bits per heavy atom. The number of hydrogen-bond acceptors (Lipinski definition) is 0. The number of hydrogen-bond donors (Lipinski definition) is 0. The van der Waals surface area contributed by atoms with Crippen LogP contribution in [0.15, 0.2) is 36.4 Å². The minimum atomic E-state index is -0.315. The first-order valence-corrected chi connectivity index (χ1v) is 10.2. The van der Waals surface area contributed by atoms with Gasteiger partial charge < -0.3 is 0 Å². The van der Waals surface area contributed by atoms with E-state index in [0.29, 0.717) is 0 Å². The van der Waals surface area contributed by atoms with Crippen LogP contribution in [0.4, 0.5) is 0 Å². The average molecular weight is 340 g/mol. The van der Waals surface area contributed by atoms with Crippen LogP contribution in [0.1, 0.15) is 58.2 Å². The monoisotopic (exact) mass is 340 g/mol. The fourth-order valence-electron chi connectivity index (χ4n) is 4.21. The molecule has 2 rings (SSSR count). The van der Waals surface area contributed by atoms with Crippen molar-refractivity contribution in [1.29, 1.82) is 0 Å². The predicted molar refractivity (Wildman–Crippen MR) is 112 cm³/mol. The van der Waals surface area contributed by atoms with Gasteiger partial charge in [0, 0.05) is 0 Å². The van der Waals surface area contributed by atoms with Crippen LogP contribution in [0.25, 0.3) is 11.1 Å². The van der Waals surface area contributed by atoms with Crippen LogP contribution in [-0.4, -0.2) is 10.3 Å². The molecule has 0 spiro atoms. The molecule has 0 heterocycles. The highest BCUT2D eigenvalue weighted by atomic mass is 31.1. The Balaban J connectivity index is 2.77. The molecule has 0 aromatic heterocycles. The first kappa shape index (κ1) is 19.2. The summed E-state index contributed by atoms with van der Waals surface area (Å²) in [4.78, 5) is 0. The van der Waals surface area contributed by atoms with Gasteiger partial charge in [-0.1, -0.05) is 91.4 Å². The van der Waals surface area contributed by atoms with E-state index in [1.54, 1.807) is 5.30 Å². The first-order valence-electron chi connectivity index (χ1n) is 8.90. The summed E-state index contributed by atoms with van der Waals surface area (Å²) < 4.78 is 0. The zero-order chi connectivity index (χ0) is 18.3. The van der Waals surface area contributed by atoms with Crippen molar-refractivity contribution in [1.82, 2.24) is 0 Å². The molecule has 0 radical (unpaired) electrons. The van der Waals surface area contributed by atoms with E-state index >= 15 is 0 Å². The first-order chi connectivity index (χ1) is 10.9. The van der Waals surface area contributed by atoms with Crippen LogP contribution < -0.4 is 5.30 Å². The maximum absolute atomic E-state index is 2.40. The molecule has 1 heteroatoms. The Morgan fingerprint density at radius 3 is 1.62 bits per heavy atom. The van der Waals surface area contributed by atoms with Gasteiger partial charge in [0.1, 0.15) is 0 Å². The second-order valence-electron chi connectivity index (χ2n) is 8.97. The van der Waals surface area contributed by atoms with Gasteiger partial charge in [0.2, 0.25) is 0 Å². The molecule has 0 saturated heterocycles. The molecular formula is C23H33P. The molecule has 0 aliphatic carbocycles. The van der Waals surface area contributed by atoms with E-state index in [1.807, 2.05) is 0 Å². The number of rotatable bonds is 2. The molecule has 0 N–H and O–H groups in total. The Hall–Kier alpha value is -1.13. The molecule has 0 nitrogen and oxygen atoms in total. The lowest BCUT2D eigenvalue weighted by Gasteiger charge is -2.43. The van der Waals surface area contributed by atoms with Crippen LogP contribution in [0.2, 0.25) is 0 Å². The summed E-state index contributed by atoms with van der Waals surface area (Å²) >= 11 is 0. The zero-order valence-electron chi connectivity index (χ0n) is 16.9. The quantitative estimate of drug-likeness (QED) is 0.517. The number of aryl methyl sites for hydroxylation is 3. The van der Waals surface area contributed by atoms with E-state index in [-0.39, 0.29) is 18.2 Å². The van der Waals surface area contributed by atoms with Crippen molar-refractivity contribution in [2.75, 3.05) is 0 Å². The molecule has 0 aliphatic heterocycles. The molecule has 0 unspecified atom stereocenters. The van der Waals surface area contributed by atoms with Gasteiger partial charge in [0.25, 0.3) is 0 Å². The Morgan fingerprint density at radius 2 is 1.17 bits per heavy atom.